The van der Waals surface area contributed by atoms with Gasteiger partial charge in [-0.25, -0.2) is 4.99 Å². The van der Waals surface area contributed by atoms with Crippen LogP contribution in [0.5, 0.6) is 0 Å². The normalized spacial score (nSPS) is 10.2. The molecule has 0 saturated heterocycles. The molecule has 0 aliphatic rings. The van der Waals surface area contributed by atoms with Crippen molar-refractivity contribution in [2.75, 3.05) is 0 Å². The maximum absolute atomic E-state index is 9.24. The van der Waals surface area contributed by atoms with Crippen molar-refractivity contribution in [3.8, 4) is 0 Å². The molecule has 0 fully saturated rings. The van der Waals surface area contributed by atoms with Crippen LogP contribution in [0.3, 0.4) is 0 Å². The topological polar surface area (TPSA) is 45.5 Å². The standard InChI is InChI=1S/C19H16N2O/c22-14-15-11-18(13-20-12-15)21-19(16-7-3-1-4-8-16)17-9-5-2-6-10-17/h1-13,22H,14H2. The summed E-state index contributed by atoms with van der Waals surface area (Å²) < 4.78 is 0. The third kappa shape index (κ3) is 3.27. The minimum absolute atomic E-state index is 0.0393. The molecule has 0 aliphatic carbocycles. The molecule has 22 heavy (non-hydrogen) atoms. The van der Waals surface area contributed by atoms with Crippen LogP contribution in [0.25, 0.3) is 0 Å². The Kier molecular flexibility index (Phi) is 4.37. The molecule has 3 aromatic rings. The first-order valence-corrected chi connectivity index (χ1v) is 7.11. The van der Waals surface area contributed by atoms with Crippen LogP contribution in [0.2, 0.25) is 0 Å². The van der Waals surface area contributed by atoms with E-state index in [-0.39, 0.29) is 6.61 Å². The molecule has 2 aromatic carbocycles. The summed E-state index contributed by atoms with van der Waals surface area (Å²) in [6.45, 7) is -0.0393. The Labute approximate surface area is 129 Å². The lowest BCUT2D eigenvalue weighted by molar-refractivity contribution is 0.281. The Balaban J connectivity index is 2.11. The van der Waals surface area contributed by atoms with Crippen molar-refractivity contribution in [2.24, 2.45) is 4.99 Å². The number of benzene rings is 2. The molecule has 0 atom stereocenters. The van der Waals surface area contributed by atoms with Crippen LogP contribution in [0.15, 0.2) is 84.1 Å². The minimum atomic E-state index is -0.0393. The van der Waals surface area contributed by atoms with Crippen molar-refractivity contribution in [2.45, 2.75) is 6.61 Å². The Morgan fingerprint density at radius 1 is 0.864 bits per heavy atom. The number of pyridine rings is 1. The Hall–Kier alpha value is -2.78. The second kappa shape index (κ2) is 6.78. The van der Waals surface area contributed by atoms with E-state index in [9.17, 15) is 5.11 Å². The smallest absolute Gasteiger partial charge is 0.0824 e. The Morgan fingerprint density at radius 3 is 2.00 bits per heavy atom. The first-order valence-electron chi connectivity index (χ1n) is 7.11. The zero-order valence-electron chi connectivity index (χ0n) is 12.1. The lowest BCUT2D eigenvalue weighted by Gasteiger charge is -2.08. The van der Waals surface area contributed by atoms with Crippen LogP contribution in [0.4, 0.5) is 5.69 Å². The van der Waals surface area contributed by atoms with Gasteiger partial charge >= 0.3 is 0 Å². The summed E-state index contributed by atoms with van der Waals surface area (Å²) in [6, 6.07) is 22.0. The summed E-state index contributed by atoms with van der Waals surface area (Å²) >= 11 is 0. The molecular formula is C19H16N2O. The molecule has 1 N–H and O–H groups in total. The quantitative estimate of drug-likeness (QED) is 0.743. The first kappa shape index (κ1) is 14.2. The van der Waals surface area contributed by atoms with E-state index in [4.69, 9.17) is 4.99 Å². The number of aromatic nitrogens is 1. The number of hydrogen-bond acceptors (Lipinski definition) is 3. The number of aliphatic imine (C=N–C) groups is 1. The number of rotatable bonds is 4. The molecule has 0 saturated carbocycles. The predicted octanol–water partition coefficient (Wildman–Crippen LogP) is 3.74. The molecule has 0 radical (unpaired) electrons. The van der Waals surface area contributed by atoms with E-state index in [1.807, 2.05) is 66.7 Å². The summed E-state index contributed by atoms with van der Waals surface area (Å²) in [5.41, 5.74) is 4.46. The van der Waals surface area contributed by atoms with Gasteiger partial charge in [0.05, 0.1) is 24.2 Å². The van der Waals surface area contributed by atoms with Gasteiger partial charge in [0.2, 0.25) is 0 Å². The summed E-state index contributed by atoms with van der Waals surface area (Å²) in [4.78, 5) is 8.88. The highest BCUT2D eigenvalue weighted by atomic mass is 16.3. The number of nitrogens with zero attached hydrogens (tertiary/aromatic N) is 2. The van der Waals surface area contributed by atoms with Crippen molar-refractivity contribution in [3.63, 3.8) is 0 Å². The molecule has 0 aliphatic heterocycles. The average molecular weight is 288 g/mol. The van der Waals surface area contributed by atoms with E-state index in [1.54, 1.807) is 12.4 Å². The van der Waals surface area contributed by atoms with Gasteiger partial charge in [0.1, 0.15) is 0 Å². The number of aliphatic hydroxyl groups excluding tert-OH is 1. The van der Waals surface area contributed by atoms with E-state index in [1.165, 1.54) is 0 Å². The second-order valence-corrected chi connectivity index (χ2v) is 4.90. The molecule has 0 spiro atoms. The van der Waals surface area contributed by atoms with E-state index in [2.05, 4.69) is 4.98 Å². The number of hydrogen-bond donors (Lipinski definition) is 1. The van der Waals surface area contributed by atoms with Crippen molar-refractivity contribution < 1.29 is 5.11 Å². The first-order chi connectivity index (χ1) is 10.9. The summed E-state index contributed by atoms with van der Waals surface area (Å²) in [6.07, 6.45) is 3.34. The van der Waals surface area contributed by atoms with Crippen LogP contribution >= 0.6 is 0 Å². The van der Waals surface area contributed by atoms with Gasteiger partial charge in [0.15, 0.2) is 0 Å². The van der Waals surface area contributed by atoms with Crippen molar-refractivity contribution in [1.29, 1.82) is 0 Å². The third-order valence-corrected chi connectivity index (χ3v) is 3.30. The Bertz CT molecular complexity index is 726. The largest absolute Gasteiger partial charge is 0.392 e. The SMILES string of the molecule is OCc1cncc(N=C(c2ccccc2)c2ccccc2)c1. The highest BCUT2D eigenvalue weighted by Gasteiger charge is 2.07. The fourth-order valence-electron chi connectivity index (χ4n) is 2.24. The van der Waals surface area contributed by atoms with Gasteiger partial charge in [-0.3, -0.25) is 4.98 Å². The summed E-state index contributed by atoms with van der Waals surface area (Å²) in [5, 5.41) is 9.24. The van der Waals surface area contributed by atoms with Gasteiger partial charge in [-0.05, 0) is 11.6 Å². The minimum Gasteiger partial charge on any atom is -0.392 e. The molecule has 1 aromatic heterocycles. The van der Waals surface area contributed by atoms with E-state index in [0.717, 1.165) is 28.1 Å². The molecule has 0 unspecified atom stereocenters. The summed E-state index contributed by atoms with van der Waals surface area (Å²) in [7, 11) is 0. The van der Waals surface area contributed by atoms with Crippen molar-refractivity contribution in [3.05, 3.63) is 95.8 Å². The third-order valence-electron chi connectivity index (χ3n) is 3.30. The maximum atomic E-state index is 9.24. The van der Waals surface area contributed by atoms with Crippen LogP contribution in [0.1, 0.15) is 16.7 Å². The van der Waals surface area contributed by atoms with Gasteiger partial charge in [0.25, 0.3) is 0 Å². The second-order valence-electron chi connectivity index (χ2n) is 4.90. The van der Waals surface area contributed by atoms with E-state index < -0.39 is 0 Å². The highest BCUT2D eigenvalue weighted by Crippen LogP contribution is 2.18. The van der Waals surface area contributed by atoms with Crippen LogP contribution in [0, 0.1) is 0 Å². The molecule has 3 rings (SSSR count). The number of aliphatic hydroxyl groups is 1. The van der Waals surface area contributed by atoms with Gasteiger partial charge in [-0.2, -0.15) is 0 Å². The maximum Gasteiger partial charge on any atom is 0.0824 e. The molecule has 3 nitrogen and oxygen atoms in total. The summed E-state index contributed by atoms with van der Waals surface area (Å²) in [5.74, 6) is 0. The van der Waals surface area contributed by atoms with Crippen LogP contribution in [-0.2, 0) is 6.61 Å². The zero-order valence-corrected chi connectivity index (χ0v) is 12.1. The molecule has 0 bridgehead atoms. The average Bonchev–Trinajstić information content (AvgIpc) is 2.61. The molecule has 108 valence electrons. The van der Waals surface area contributed by atoms with Gasteiger partial charge < -0.3 is 5.11 Å². The molecule has 0 amide bonds. The molecule has 3 heteroatoms. The lowest BCUT2D eigenvalue weighted by Crippen LogP contribution is -2.02. The fourth-order valence-corrected chi connectivity index (χ4v) is 2.24. The van der Waals surface area contributed by atoms with Crippen LogP contribution < -0.4 is 0 Å². The monoisotopic (exact) mass is 288 g/mol. The van der Waals surface area contributed by atoms with E-state index in [0.29, 0.717) is 0 Å². The highest BCUT2D eigenvalue weighted by molar-refractivity contribution is 6.13. The van der Waals surface area contributed by atoms with Gasteiger partial charge in [0, 0.05) is 17.3 Å². The van der Waals surface area contributed by atoms with Crippen molar-refractivity contribution >= 4 is 11.4 Å². The fraction of sp³-hybridized carbons (Fsp3) is 0.0526. The predicted molar refractivity (Wildman–Crippen MR) is 88.3 cm³/mol. The zero-order chi connectivity index (χ0) is 15.2. The Morgan fingerprint density at radius 2 is 1.45 bits per heavy atom. The van der Waals surface area contributed by atoms with Gasteiger partial charge in [-0.15, -0.1) is 0 Å². The van der Waals surface area contributed by atoms with Crippen molar-refractivity contribution in [1.82, 2.24) is 4.98 Å². The molecular weight excluding hydrogens is 272 g/mol. The molecule has 1 heterocycles. The van der Waals surface area contributed by atoms with Gasteiger partial charge in [-0.1, -0.05) is 60.7 Å². The van der Waals surface area contributed by atoms with Crippen LogP contribution in [-0.4, -0.2) is 15.8 Å². The lowest BCUT2D eigenvalue weighted by atomic mass is 10.0. The van der Waals surface area contributed by atoms with E-state index >= 15 is 0 Å².